The number of carbonyl (C=O) groups excluding carboxylic acids is 1. The molecule has 3 aliphatic rings. The minimum Gasteiger partial charge on any atom is -0.465 e. The topological polar surface area (TPSA) is 58.8 Å². The van der Waals surface area contributed by atoms with Crippen LogP contribution in [0.4, 0.5) is 0 Å². The number of nitrogens with two attached hydrogens (primary N) is 1. The van der Waals surface area contributed by atoms with E-state index in [0.717, 1.165) is 25.9 Å². The van der Waals surface area contributed by atoms with Crippen molar-refractivity contribution in [2.24, 2.45) is 11.7 Å². The van der Waals surface area contributed by atoms with Gasteiger partial charge in [-0.1, -0.05) is 0 Å². The Balaban J connectivity index is 1.66. The maximum atomic E-state index is 12.3. The summed E-state index contributed by atoms with van der Waals surface area (Å²) in [7, 11) is 0. The van der Waals surface area contributed by atoms with Crippen LogP contribution in [0.2, 0.25) is 0 Å². The molecule has 2 aliphatic heterocycles. The van der Waals surface area contributed by atoms with Gasteiger partial charge < -0.3 is 10.5 Å². The molecular weight excluding hydrogens is 266 g/mol. The standard InChI is InChI=1S/C16H29N3O2/c1-2-21-15(20)16(17,13-6-7-13)12-18-8-4-10-19-9-3-5-14(19)11-18/h13-14H,2-12,17H2,1H3. The molecule has 0 aromatic carbocycles. The molecule has 5 nitrogen and oxygen atoms in total. The maximum absolute atomic E-state index is 12.3. The van der Waals surface area contributed by atoms with Gasteiger partial charge in [-0.25, -0.2) is 4.79 Å². The van der Waals surface area contributed by atoms with Crippen molar-refractivity contribution >= 4 is 5.97 Å². The molecule has 2 heterocycles. The third kappa shape index (κ3) is 3.25. The molecule has 0 aromatic heterocycles. The van der Waals surface area contributed by atoms with Crippen LogP contribution >= 0.6 is 0 Å². The second-order valence-electron chi connectivity index (χ2n) is 6.96. The highest BCUT2D eigenvalue weighted by molar-refractivity contribution is 5.82. The molecule has 1 saturated carbocycles. The van der Waals surface area contributed by atoms with Gasteiger partial charge in [0, 0.05) is 19.1 Å². The average molecular weight is 295 g/mol. The van der Waals surface area contributed by atoms with Crippen LogP contribution in [0.3, 0.4) is 0 Å². The van der Waals surface area contributed by atoms with E-state index in [2.05, 4.69) is 9.80 Å². The molecule has 1 aliphatic carbocycles. The Bertz CT molecular complexity index is 386. The Hall–Kier alpha value is -0.650. The van der Waals surface area contributed by atoms with Gasteiger partial charge in [-0.3, -0.25) is 9.80 Å². The molecule has 0 bridgehead atoms. The van der Waals surface area contributed by atoms with Gasteiger partial charge in [-0.2, -0.15) is 0 Å². The third-order valence-electron chi connectivity index (χ3n) is 5.33. The lowest BCUT2D eigenvalue weighted by Gasteiger charge is -2.34. The number of rotatable bonds is 5. The van der Waals surface area contributed by atoms with E-state index >= 15 is 0 Å². The van der Waals surface area contributed by atoms with Crippen molar-refractivity contribution in [3.63, 3.8) is 0 Å². The number of hydrogen-bond acceptors (Lipinski definition) is 5. The third-order valence-corrected chi connectivity index (χ3v) is 5.33. The SMILES string of the molecule is CCOC(=O)C(N)(CN1CCCN2CCCC2C1)C1CC1. The van der Waals surface area contributed by atoms with E-state index < -0.39 is 5.54 Å². The van der Waals surface area contributed by atoms with Crippen molar-refractivity contribution in [2.75, 3.05) is 39.3 Å². The van der Waals surface area contributed by atoms with Crippen LogP contribution in [0.25, 0.3) is 0 Å². The Kier molecular flexibility index (Phi) is 4.52. The monoisotopic (exact) mass is 295 g/mol. The Labute approximate surface area is 127 Å². The average Bonchev–Trinajstić information content (AvgIpc) is 3.25. The zero-order valence-corrected chi connectivity index (χ0v) is 13.2. The van der Waals surface area contributed by atoms with Gasteiger partial charge in [0.2, 0.25) is 0 Å². The lowest BCUT2D eigenvalue weighted by Crippen LogP contribution is -2.59. The second kappa shape index (κ2) is 6.23. The van der Waals surface area contributed by atoms with E-state index in [1.165, 1.54) is 32.4 Å². The summed E-state index contributed by atoms with van der Waals surface area (Å²) >= 11 is 0. The zero-order valence-electron chi connectivity index (χ0n) is 13.2. The van der Waals surface area contributed by atoms with E-state index in [-0.39, 0.29) is 5.97 Å². The normalized spacial score (nSPS) is 30.5. The first-order valence-electron chi connectivity index (χ1n) is 8.56. The van der Waals surface area contributed by atoms with E-state index in [1.54, 1.807) is 0 Å². The minimum absolute atomic E-state index is 0.194. The zero-order chi connectivity index (χ0) is 14.9. The summed E-state index contributed by atoms with van der Waals surface area (Å²) in [5.41, 5.74) is 5.73. The molecule has 21 heavy (non-hydrogen) atoms. The van der Waals surface area contributed by atoms with Crippen LogP contribution in [-0.4, -0.2) is 66.7 Å². The molecule has 5 heteroatoms. The second-order valence-corrected chi connectivity index (χ2v) is 6.96. The quantitative estimate of drug-likeness (QED) is 0.761. The number of nitrogens with zero attached hydrogens (tertiary/aromatic N) is 2. The Morgan fingerprint density at radius 3 is 2.71 bits per heavy atom. The molecule has 2 N–H and O–H groups in total. The fourth-order valence-corrected chi connectivity index (χ4v) is 4.02. The van der Waals surface area contributed by atoms with Crippen molar-refractivity contribution in [2.45, 2.75) is 50.6 Å². The van der Waals surface area contributed by atoms with Crippen molar-refractivity contribution in [1.82, 2.24) is 9.80 Å². The minimum atomic E-state index is -0.788. The number of fused-ring (bicyclic) bond motifs is 1. The van der Waals surface area contributed by atoms with Gasteiger partial charge >= 0.3 is 5.97 Å². The van der Waals surface area contributed by atoms with Crippen LogP contribution in [0, 0.1) is 5.92 Å². The molecule has 2 saturated heterocycles. The van der Waals surface area contributed by atoms with Gasteiger partial charge in [0.25, 0.3) is 0 Å². The van der Waals surface area contributed by atoms with E-state index in [4.69, 9.17) is 10.5 Å². The largest absolute Gasteiger partial charge is 0.465 e. The first-order valence-corrected chi connectivity index (χ1v) is 8.56. The van der Waals surface area contributed by atoms with E-state index in [1.807, 2.05) is 6.92 Å². The molecule has 2 unspecified atom stereocenters. The lowest BCUT2D eigenvalue weighted by molar-refractivity contribution is -0.151. The molecule has 3 rings (SSSR count). The predicted molar refractivity (Wildman–Crippen MR) is 81.9 cm³/mol. The Morgan fingerprint density at radius 1 is 1.24 bits per heavy atom. The molecule has 0 amide bonds. The fourth-order valence-electron chi connectivity index (χ4n) is 4.02. The van der Waals surface area contributed by atoms with Gasteiger partial charge in [0.1, 0.15) is 5.54 Å². The summed E-state index contributed by atoms with van der Waals surface area (Å²) in [6.45, 7) is 7.49. The van der Waals surface area contributed by atoms with Crippen LogP contribution in [-0.2, 0) is 9.53 Å². The number of esters is 1. The number of ether oxygens (including phenoxy) is 1. The van der Waals surface area contributed by atoms with Gasteiger partial charge in [-0.05, 0) is 64.6 Å². The van der Waals surface area contributed by atoms with Gasteiger partial charge in [-0.15, -0.1) is 0 Å². The first kappa shape index (κ1) is 15.3. The fraction of sp³-hybridized carbons (Fsp3) is 0.938. The summed E-state index contributed by atoms with van der Waals surface area (Å²) in [5.74, 6) is 0.125. The van der Waals surface area contributed by atoms with Crippen molar-refractivity contribution < 1.29 is 9.53 Å². The predicted octanol–water partition coefficient (Wildman–Crippen LogP) is 0.827. The van der Waals surface area contributed by atoms with E-state index in [9.17, 15) is 4.79 Å². The van der Waals surface area contributed by atoms with Crippen LogP contribution < -0.4 is 5.73 Å². The molecule has 0 radical (unpaired) electrons. The molecule has 0 spiro atoms. The summed E-state index contributed by atoms with van der Waals surface area (Å²) < 4.78 is 5.27. The highest BCUT2D eigenvalue weighted by atomic mass is 16.5. The first-order chi connectivity index (χ1) is 10.1. The van der Waals surface area contributed by atoms with Crippen LogP contribution in [0.15, 0.2) is 0 Å². The molecule has 120 valence electrons. The number of carbonyl (C=O) groups is 1. The van der Waals surface area contributed by atoms with E-state index in [0.29, 0.717) is 25.1 Å². The van der Waals surface area contributed by atoms with Crippen molar-refractivity contribution in [1.29, 1.82) is 0 Å². The van der Waals surface area contributed by atoms with Gasteiger partial charge in [0.15, 0.2) is 0 Å². The van der Waals surface area contributed by atoms with Crippen molar-refractivity contribution in [3.8, 4) is 0 Å². The summed E-state index contributed by atoms with van der Waals surface area (Å²) in [6.07, 6.45) is 5.92. The molecular formula is C16H29N3O2. The molecule has 2 atom stereocenters. The summed E-state index contributed by atoms with van der Waals surface area (Å²) in [5, 5.41) is 0. The highest BCUT2D eigenvalue weighted by Gasteiger charge is 2.50. The Morgan fingerprint density at radius 2 is 2.00 bits per heavy atom. The summed E-state index contributed by atoms with van der Waals surface area (Å²) in [4.78, 5) is 17.4. The van der Waals surface area contributed by atoms with Crippen LogP contribution in [0.1, 0.15) is 39.0 Å². The van der Waals surface area contributed by atoms with Crippen molar-refractivity contribution in [3.05, 3.63) is 0 Å². The summed E-state index contributed by atoms with van der Waals surface area (Å²) in [6, 6.07) is 0.665. The number of hydrogen-bond donors (Lipinski definition) is 1. The molecule has 0 aromatic rings. The smallest absolute Gasteiger partial charge is 0.327 e. The molecule has 3 fully saturated rings. The lowest BCUT2D eigenvalue weighted by atomic mass is 9.93. The highest BCUT2D eigenvalue weighted by Crippen LogP contribution is 2.40. The van der Waals surface area contributed by atoms with Gasteiger partial charge in [0.05, 0.1) is 6.61 Å². The van der Waals surface area contributed by atoms with Crippen LogP contribution in [0.5, 0.6) is 0 Å². The maximum Gasteiger partial charge on any atom is 0.327 e.